The molecule has 144 valence electrons. The van der Waals surface area contributed by atoms with Crippen molar-refractivity contribution in [1.29, 1.82) is 0 Å². The number of urea groups is 1. The lowest BCUT2D eigenvalue weighted by Gasteiger charge is -2.16. The molecule has 3 amide bonds. The van der Waals surface area contributed by atoms with Crippen LogP contribution < -0.4 is 25.4 Å². The highest BCUT2D eigenvalue weighted by Crippen LogP contribution is 2.27. The second-order valence-corrected chi connectivity index (χ2v) is 6.04. The lowest BCUT2D eigenvalue weighted by Crippen LogP contribution is -2.36. The summed E-state index contributed by atoms with van der Waals surface area (Å²) in [7, 11) is 3.14. The van der Waals surface area contributed by atoms with Gasteiger partial charge in [0.15, 0.2) is 11.5 Å². The average Bonchev–Trinajstić information content (AvgIpc) is 2.65. The van der Waals surface area contributed by atoms with Crippen molar-refractivity contribution in [3.8, 4) is 11.5 Å². The van der Waals surface area contributed by atoms with E-state index in [-0.39, 0.29) is 18.0 Å². The zero-order chi connectivity index (χ0) is 19.8. The van der Waals surface area contributed by atoms with Crippen LogP contribution in [0.15, 0.2) is 42.5 Å². The zero-order valence-electron chi connectivity index (χ0n) is 16.0. The van der Waals surface area contributed by atoms with Gasteiger partial charge in [0, 0.05) is 19.2 Å². The number of hydrogen-bond acceptors (Lipinski definition) is 4. The molecule has 1 atom stereocenters. The molecule has 7 heteroatoms. The molecule has 2 aromatic carbocycles. The van der Waals surface area contributed by atoms with Crippen LogP contribution in [-0.2, 0) is 11.3 Å². The Hall–Kier alpha value is -3.22. The Morgan fingerprint density at radius 3 is 2.44 bits per heavy atom. The standard InChI is InChI=1S/C20H25N3O4/c1-13(16-6-5-7-17(11-16)23-14(2)24)22-20(25)21-12-15-8-9-18(26-3)19(10-15)27-4/h5-11,13H,12H2,1-4H3,(H,23,24)(H2,21,22,25). The summed E-state index contributed by atoms with van der Waals surface area (Å²) >= 11 is 0. The van der Waals surface area contributed by atoms with Gasteiger partial charge in [-0.2, -0.15) is 0 Å². The van der Waals surface area contributed by atoms with Crippen LogP contribution in [0, 0.1) is 0 Å². The summed E-state index contributed by atoms with van der Waals surface area (Å²) in [6.07, 6.45) is 0. The molecule has 0 aromatic heterocycles. The van der Waals surface area contributed by atoms with E-state index in [2.05, 4.69) is 16.0 Å². The summed E-state index contributed by atoms with van der Waals surface area (Å²) in [5.41, 5.74) is 2.48. The maximum atomic E-state index is 12.2. The summed E-state index contributed by atoms with van der Waals surface area (Å²) in [5, 5.41) is 8.43. The molecular weight excluding hydrogens is 346 g/mol. The van der Waals surface area contributed by atoms with Crippen LogP contribution in [-0.4, -0.2) is 26.2 Å². The second-order valence-electron chi connectivity index (χ2n) is 6.04. The van der Waals surface area contributed by atoms with Crippen molar-refractivity contribution in [2.24, 2.45) is 0 Å². The van der Waals surface area contributed by atoms with Crippen LogP contribution in [0.3, 0.4) is 0 Å². The van der Waals surface area contributed by atoms with Crippen molar-refractivity contribution in [3.63, 3.8) is 0 Å². The van der Waals surface area contributed by atoms with Gasteiger partial charge in [-0.1, -0.05) is 18.2 Å². The topological polar surface area (TPSA) is 88.7 Å². The van der Waals surface area contributed by atoms with E-state index in [0.717, 1.165) is 11.1 Å². The van der Waals surface area contributed by atoms with Gasteiger partial charge in [0.2, 0.25) is 5.91 Å². The predicted molar refractivity (Wildman–Crippen MR) is 104 cm³/mol. The van der Waals surface area contributed by atoms with Crippen molar-refractivity contribution in [1.82, 2.24) is 10.6 Å². The number of amides is 3. The highest BCUT2D eigenvalue weighted by molar-refractivity contribution is 5.88. The van der Waals surface area contributed by atoms with Gasteiger partial charge in [-0.25, -0.2) is 4.79 Å². The minimum absolute atomic E-state index is 0.138. The molecule has 0 aliphatic heterocycles. The maximum Gasteiger partial charge on any atom is 0.315 e. The van der Waals surface area contributed by atoms with Crippen LogP contribution in [0.25, 0.3) is 0 Å². The van der Waals surface area contributed by atoms with E-state index in [1.54, 1.807) is 26.4 Å². The summed E-state index contributed by atoms with van der Waals surface area (Å²) in [6, 6.07) is 12.3. The van der Waals surface area contributed by atoms with E-state index < -0.39 is 0 Å². The number of methoxy groups -OCH3 is 2. The minimum atomic E-state index is -0.290. The molecule has 3 N–H and O–H groups in total. The molecule has 0 aliphatic rings. The van der Waals surface area contributed by atoms with E-state index >= 15 is 0 Å². The van der Waals surface area contributed by atoms with Gasteiger partial charge in [-0.05, 0) is 42.3 Å². The monoisotopic (exact) mass is 371 g/mol. The van der Waals surface area contributed by atoms with Gasteiger partial charge in [0.1, 0.15) is 0 Å². The van der Waals surface area contributed by atoms with Crippen molar-refractivity contribution >= 4 is 17.6 Å². The summed E-state index contributed by atoms with van der Waals surface area (Å²) in [6.45, 7) is 3.68. The van der Waals surface area contributed by atoms with Crippen LogP contribution in [0.4, 0.5) is 10.5 Å². The van der Waals surface area contributed by atoms with E-state index in [4.69, 9.17) is 9.47 Å². The zero-order valence-corrected chi connectivity index (χ0v) is 16.0. The molecule has 0 saturated carbocycles. The van der Waals surface area contributed by atoms with E-state index in [1.165, 1.54) is 6.92 Å². The number of nitrogens with one attached hydrogen (secondary N) is 3. The summed E-state index contributed by atoms with van der Waals surface area (Å²) in [4.78, 5) is 23.4. The van der Waals surface area contributed by atoms with Gasteiger partial charge in [0.25, 0.3) is 0 Å². The smallest absolute Gasteiger partial charge is 0.315 e. The fourth-order valence-electron chi connectivity index (χ4n) is 2.59. The Balaban J connectivity index is 1.92. The van der Waals surface area contributed by atoms with Gasteiger partial charge in [-0.3, -0.25) is 4.79 Å². The van der Waals surface area contributed by atoms with Gasteiger partial charge < -0.3 is 25.4 Å². The fourth-order valence-corrected chi connectivity index (χ4v) is 2.59. The van der Waals surface area contributed by atoms with Crippen LogP contribution >= 0.6 is 0 Å². The first kappa shape index (κ1) is 20.1. The third kappa shape index (κ3) is 5.91. The van der Waals surface area contributed by atoms with Crippen LogP contribution in [0.5, 0.6) is 11.5 Å². The van der Waals surface area contributed by atoms with E-state index in [0.29, 0.717) is 23.7 Å². The predicted octanol–water partition coefficient (Wildman–Crippen LogP) is 3.22. The number of ether oxygens (including phenoxy) is 2. The molecule has 0 spiro atoms. The fraction of sp³-hybridized carbons (Fsp3) is 0.300. The Morgan fingerprint density at radius 2 is 1.78 bits per heavy atom. The number of anilines is 1. The van der Waals surface area contributed by atoms with Crippen molar-refractivity contribution in [2.75, 3.05) is 19.5 Å². The Morgan fingerprint density at radius 1 is 1.04 bits per heavy atom. The lowest BCUT2D eigenvalue weighted by atomic mass is 10.1. The van der Waals surface area contributed by atoms with E-state index in [9.17, 15) is 9.59 Å². The number of carbonyl (C=O) groups is 2. The normalized spacial score (nSPS) is 11.3. The molecular formula is C20H25N3O4. The number of hydrogen-bond donors (Lipinski definition) is 3. The van der Waals surface area contributed by atoms with Crippen molar-refractivity contribution in [3.05, 3.63) is 53.6 Å². The van der Waals surface area contributed by atoms with Gasteiger partial charge >= 0.3 is 6.03 Å². The molecule has 7 nitrogen and oxygen atoms in total. The molecule has 0 fully saturated rings. The maximum absolute atomic E-state index is 12.2. The molecule has 2 aromatic rings. The lowest BCUT2D eigenvalue weighted by molar-refractivity contribution is -0.114. The number of rotatable bonds is 7. The van der Waals surface area contributed by atoms with Gasteiger partial charge in [0.05, 0.1) is 20.3 Å². The highest BCUT2D eigenvalue weighted by Gasteiger charge is 2.11. The molecule has 0 radical (unpaired) electrons. The average molecular weight is 371 g/mol. The first-order chi connectivity index (χ1) is 12.9. The third-order valence-corrected chi connectivity index (χ3v) is 3.96. The number of benzene rings is 2. The molecule has 1 unspecified atom stereocenters. The van der Waals surface area contributed by atoms with Crippen molar-refractivity contribution in [2.45, 2.75) is 26.4 Å². The third-order valence-electron chi connectivity index (χ3n) is 3.96. The minimum Gasteiger partial charge on any atom is -0.493 e. The first-order valence-corrected chi connectivity index (χ1v) is 8.55. The molecule has 0 aliphatic carbocycles. The highest BCUT2D eigenvalue weighted by atomic mass is 16.5. The van der Waals surface area contributed by atoms with Gasteiger partial charge in [-0.15, -0.1) is 0 Å². The summed E-state index contributed by atoms with van der Waals surface area (Å²) < 4.78 is 10.5. The van der Waals surface area contributed by atoms with Crippen LogP contribution in [0.1, 0.15) is 31.0 Å². The molecule has 0 heterocycles. The Bertz CT molecular complexity index is 808. The van der Waals surface area contributed by atoms with E-state index in [1.807, 2.05) is 37.3 Å². The largest absolute Gasteiger partial charge is 0.493 e. The number of carbonyl (C=O) groups excluding carboxylic acids is 2. The van der Waals surface area contributed by atoms with Crippen molar-refractivity contribution < 1.29 is 19.1 Å². The molecule has 2 rings (SSSR count). The van der Waals surface area contributed by atoms with Crippen LogP contribution in [0.2, 0.25) is 0 Å². The Labute approximate surface area is 159 Å². The molecule has 0 bridgehead atoms. The SMILES string of the molecule is COc1ccc(CNC(=O)NC(C)c2cccc(NC(C)=O)c2)cc1OC. The summed E-state index contributed by atoms with van der Waals surface area (Å²) in [5.74, 6) is 1.11. The molecule has 27 heavy (non-hydrogen) atoms. The first-order valence-electron chi connectivity index (χ1n) is 8.55. The molecule has 0 saturated heterocycles. The quantitative estimate of drug-likeness (QED) is 0.697. The second kappa shape index (κ2) is 9.47. The Kier molecular flexibility index (Phi) is 7.05.